The molecule has 0 aliphatic carbocycles. The normalized spacial score (nSPS) is 14.1. The van der Waals surface area contributed by atoms with Gasteiger partial charge >= 0.3 is 6.09 Å². The van der Waals surface area contributed by atoms with Crippen molar-refractivity contribution in [1.82, 2.24) is 20.4 Å². The van der Waals surface area contributed by atoms with Gasteiger partial charge in [0.2, 0.25) is 0 Å². The number of rotatable bonds is 14. The summed E-state index contributed by atoms with van der Waals surface area (Å²) >= 11 is 0. The number of aryl methyl sites for hydroxylation is 1. The number of amides is 1. The maximum absolute atomic E-state index is 15.0. The Balaban J connectivity index is 2.40. The molecule has 0 unspecified atom stereocenters. The molecule has 42 heavy (non-hydrogen) atoms. The van der Waals surface area contributed by atoms with E-state index >= 15 is 4.39 Å². The van der Waals surface area contributed by atoms with Crippen molar-refractivity contribution in [3.8, 4) is 0 Å². The Morgan fingerprint density at radius 2 is 1.95 bits per heavy atom. The summed E-state index contributed by atoms with van der Waals surface area (Å²) < 4.78 is 50.2. The van der Waals surface area contributed by atoms with Gasteiger partial charge in [0.15, 0.2) is 5.60 Å². The molecule has 2 rings (SSSR count). The third-order valence-electron chi connectivity index (χ3n) is 6.84. The Morgan fingerprint density at radius 3 is 2.50 bits per heavy atom. The second-order valence-electron chi connectivity index (χ2n) is 10.5. The average Bonchev–Trinajstić information content (AvgIpc) is 3.36. The molecule has 0 aliphatic rings. The van der Waals surface area contributed by atoms with Gasteiger partial charge in [-0.05, 0) is 51.8 Å². The fourth-order valence-electron chi connectivity index (χ4n) is 4.31. The zero-order chi connectivity index (χ0) is 31.7. The molecule has 0 fully saturated rings. The predicted octanol–water partition coefficient (Wildman–Crippen LogP) is 7.45. The van der Waals surface area contributed by atoms with E-state index in [0.717, 1.165) is 11.1 Å². The summed E-state index contributed by atoms with van der Waals surface area (Å²) in [6.07, 6.45) is 5.68. The van der Waals surface area contributed by atoms with E-state index in [1.54, 1.807) is 42.1 Å². The van der Waals surface area contributed by atoms with Gasteiger partial charge in [-0.2, -0.15) is 5.10 Å². The smallest absolute Gasteiger partial charge is 0.408 e. The van der Waals surface area contributed by atoms with Crippen LogP contribution < -0.4 is 10.6 Å². The molecular formula is C32H42F3N5O2. The molecule has 1 amide bonds. The van der Waals surface area contributed by atoms with E-state index in [1.807, 2.05) is 27.1 Å². The number of halogens is 3. The van der Waals surface area contributed by atoms with Crippen LogP contribution in [0.3, 0.4) is 0 Å². The molecule has 1 aromatic carbocycles. The number of aliphatic imine (C=N–C) groups is 1. The van der Waals surface area contributed by atoms with Crippen LogP contribution in [0.4, 0.5) is 18.0 Å². The number of alkyl halides is 2. The lowest BCUT2D eigenvalue weighted by Gasteiger charge is -2.33. The van der Waals surface area contributed by atoms with Crippen LogP contribution in [0.15, 0.2) is 78.4 Å². The summed E-state index contributed by atoms with van der Waals surface area (Å²) in [5.74, 6) is -3.58. The Bertz CT molecular complexity index is 1370. The van der Waals surface area contributed by atoms with E-state index in [2.05, 4.69) is 33.9 Å². The fraction of sp³-hybridized carbons (Fsp3) is 0.406. The fourth-order valence-corrected chi connectivity index (χ4v) is 4.31. The van der Waals surface area contributed by atoms with Gasteiger partial charge in [0.05, 0.1) is 11.9 Å². The summed E-state index contributed by atoms with van der Waals surface area (Å²) in [6.45, 7) is 17.2. The van der Waals surface area contributed by atoms with Crippen molar-refractivity contribution in [3.05, 3.63) is 90.3 Å². The first-order chi connectivity index (χ1) is 19.7. The minimum Gasteiger partial charge on any atom is -0.437 e. The number of nitrogens with zero attached hydrogens (tertiary/aromatic N) is 3. The first-order valence-corrected chi connectivity index (χ1v) is 13.8. The molecule has 0 bridgehead atoms. The number of carbonyl (C=O) groups is 1. The molecule has 0 saturated heterocycles. The van der Waals surface area contributed by atoms with Gasteiger partial charge in [-0.1, -0.05) is 44.4 Å². The summed E-state index contributed by atoms with van der Waals surface area (Å²) in [7, 11) is 1.81. The van der Waals surface area contributed by atoms with E-state index < -0.39 is 35.9 Å². The Kier molecular flexibility index (Phi) is 11.9. The summed E-state index contributed by atoms with van der Waals surface area (Å²) in [4.78, 5) is 17.0. The molecule has 7 nitrogen and oxygen atoms in total. The Hall–Kier alpha value is -4.08. The highest BCUT2D eigenvalue weighted by Crippen LogP contribution is 2.35. The van der Waals surface area contributed by atoms with Gasteiger partial charge in [0, 0.05) is 67.3 Å². The highest BCUT2D eigenvalue weighted by atomic mass is 19.3. The lowest BCUT2D eigenvalue weighted by Crippen LogP contribution is -2.50. The monoisotopic (exact) mass is 585 g/mol. The van der Waals surface area contributed by atoms with Gasteiger partial charge in [-0.3, -0.25) is 9.67 Å². The number of hydrogen-bond donors (Lipinski definition) is 2. The van der Waals surface area contributed by atoms with Crippen LogP contribution in [0.2, 0.25) is 0 Å². The van der Waals surface area contributed by atoms with Gasteiger partial charge in [0.1, 0.15) is 5.82 Å². The standard InChI is InChI=1S/C32H42F3N5O2/c1-10-25(26-15-13-14-16-27(26)33)29(28(36-12-3)17-21(4)24-19-38-40(9)20-24)23(6)37-18-22(5)39-30(41)42-31(7,8)32(34,35)11-2/h10,12-16,19-20,22,37H,3-4,11,17-18H2,1-2,5-9H3,(H,39,41)/b25-10-,29-23+,36-28?/t22-/m1/s1. The molecule has 228 valence electrons. The SMILES string of the molecule is C=CN=C(CC(=C)c1cnn(C)c1)C(/C(=C\C)c1ccccc1F)=C(\C)NC[C@@H](C)NC(=O)OC(C)(C)C(F)(F)CC. The molecule has 10 heteroatoms. The van der Waals surface area contributed by atoms with Crippen molar-refractivity contribution in [1.29, 1.82) is 0 Å². The Labute approximate surface area is 246 Å². The van der Waals surface area contributed by atoms with E-state index in [0.29, 0.717) is 34.5 Å². The van der Waals surface area contributed by atoms with Crippen LogP contribution in [0.1, 0.15) is 65.5 Å². The number of aromatic nitrogens is 2. The molecule has 2 aromatic rings. The molecule has 1 heterocycles. The van der Waals surface area contributed by atoms with Crippen LogP contribution in [0.25, 0.3) is 11.1 Å². The number of ether oxygens (including phenoxy) is 1. The van der Waals surface area contributed by atoms with Crippen molar-refractivity contribution in [3.63, 3.8) is 0 Å². The molecule has 0 radical (unpaired) electrons. The minimum absolute atomic E-state index is 0.216. The van der Waals surface area contributed by atoms with Gasteiger partial charge in [-0.15, -0.1) is 0 Å². The van der Waals surface area contributed by atoms with Crippen LogP contribution in [0, 0.1) is 5.82 Å². The minimum atomic E-state index is -3.18. The van der Waals surface area contributed by atoms with Gasteiger partial charge in [-0.25, -0.2) is 18.0 Å². The largest absolute Gasteiger partial charge is 0.437 e. The number of nitrogens with one attached hydrogen (secondary N) is 2. The highest BCUT2D eigenvalue weighted by molar-refractivity contribution is 6.16. The number of alkyl carbamates (subject to hydrolysis) is 1. The zero-order valence-corrected chi connectivity index (χ0v) is 25.5. The number of allylic oxidation sites excluding steroid dienone is 5. The quantitative estimate of drug-likeness (QED) is 0.178. The molecule has 0 spiro atoms. The Morgan fingerprint density at radius 1 is 1.29 bits per heavy atom. The predicted molar refractivity (Wildman–Crippen MR) is 164 cm³/mol. The number of benzene rings is 1. The van der Waals surface area contributed by atoms with E-state index in [1.165, 1.54) is 33.0 Å². The molecular weight excluding hydrogens is 543 g/mol. The van der Waals surface area contributed by atoms with Crippen molar-refractivity contribution < 1.29 is 22.7 Å². The third-order valence-corrected chi connectivity index (χ3v) is 6.84. The number of carbonyl (C=O) groups excluding carboxylic acids is 1. The lowest BCUT2D eigenvalue weighted by molar-refractivity contribution is -0.163. The van der Waals surface area contributed by atoms with E-state index in [9.17, 15) is 13.6 Å². The zero-order valence-electron chi connectivity index (χ0n) is 25.5. The third kappa shape index (κ3) is 8.71. The first-order valence-electron chi connectivity index (χ1n) is 13.8. The maximum atomic E-state index is 15.0. The van der Waals surface area contributed by atoms with Crippen LogP contribution in [-0.2, 0) is 11.8 Å². The summed E-state index contributed by atoms with van der Waals surface area (Å²) in [5.41, 5.74) is 2.45. The van der Waals surface area contributed by atoms with Crippen molar-refractivity contribution in [2.75, 3.05) is 6.54 Å². The van der Waals surface area contributed by atoms with Crippen LogP contribution in [0.5, 0.6) is 0 Å². The van der Waals surface area contributed by atoms with Crippen molar-refractivity contribution >= 4 is 23.0 Å². The van der Waals surface area contributed by atoms with Crippen LogP contribution >= 0.6 is 0 Å². The van der Waals surface area contributed by atoms with Gasteiger partial charge in [0.25, 0.3) is 5.92 Å². The van der Waals surface area contributed by atoms with Crippen molar-refractivity contribution in [2.45, 2.75) is 71.9 Å². The van der Waals surface area contributed by atoms with Gasteiger partial charge < -0.3 is 15.4 Å². The lowest BCUT2D eigenvalue weighted by atomic mass is 9.88. The molecule has 1 aromatic heterocycles. The average molecular weight is 586 g/mol. The second-order valence-corrected chi connectivity index (χ2v) is 10.5. The molecule has 1 atom stereocenters. The van der Waals surface area contributed by atoms with Crippen LogP contribution in [-0.4, -0.2) is 45.7 Å². The topological polar surface area (TPSA) is 80.5 Å². The van der Waals surface area contributed by atoms with E-state index in [4.69, 9.17) is 4.74 Å². The first kappa shape index (κ1) is 34.1. The molecule has 0 saturated carbocycles. The van der Waals surface area contributed by atoms with Crippen molar-refractivity contribution in [2.24, 2.45) is 12.0 Å². The highest BCUT2D eigenvalue weighted by Gasteiger charge is 2.48. The molecule has 2 N–H and O–H groups in total. The molecule has 0 aliphatic heterocycles. The van der Waals surface area contributed by atoms with E-state index in [-0.39, 0.29) is 6.54 Å². The maximum Gasteiger partial charge on any atom is 0.408 e. The number of hydrogen-bond acceptors (Lipinski definition) is 5. The second kappa shape index (κ2) is 14.7. The summed E-state index contributed by atoms with van der Waals surface area (Å²) in [6, 6.07) is 5.94. The summed E-state index contributed by atoms with van der Waals surface area (Å²) in [5, 5.41) is 10.1.